The first-order valence-electron chi connectivity index (χ1n) is 11.7. The van der Waals surface area contributed by atoms with Gasteiger partial charge in [-0.3, -0.25) is 14.7 Å². The van der Waals surface area contributed by atoms with E-state index in [9.17, 15) is 9.90 Å². The van der Waals surface area contributed by atoms with Crippen LogP contribution < -0.4 is 5.56 Å². The summed E-state index contributed by atoms with van der Waals surface area (Å²) >= 11 is 0. The fourth-order valence-corrected chi connectivity index (χ4v) is 5.13. The second-order valence-electron chi connectivity index (χ2n) is 9.42. The Balaban J connectivity index is 1.43. The van der Waals surface area contributed by atoms with E-state index < -0.39 is 0 Å². The third kappa shape index (κ3) is 3.93. The molecule has 1 aliphatic heterocycles. The Labute approximate surface area is 192 Å². The second kappa shape index (κ2) is 8.16. The van der Waals surface area contributed by atoms with Gasteiger partial charge in [-0.25, -0.2) is 0 Å². The van der Waals surface area contributed by atoms with E-state index in [1.54, 1.807) is 12.3 Å². The number of phenols is 1. The number of fused-ring (bicyclic) bond motifs is 2. The highest BCUT2D eigenvalue weighted by Gasteiger charge is 2.28. The number of benzene rings is 2. The Morgan fingerprint density at radius 3 is 2.76 bits per heavy atom. The molecule has 2 aromatic carbocycles. The lowest BCUT2D eigenvalue weighted by Gasteiger charge is -2.31. The van der Waals surface area contributed by atoms with Crippen molar-refractivity contribution in [2.45, 2.75) is 38.9 Å². The van der Waals surface area contributed by atoms with E-state index in [-0.39, 0.29) is 5.56 Å². The van der Waals surface area contributed by atoms with Gasteiger partial charge in [0.05, 0.1) is 0 Å². The van der Waals surface area contributed by atoms with Crippen LogP contribution in [-0.2, 0) is 26.1 Å². The molecule has 166 valence electrons. The number of pyridine rings is 2. The summed E-state index contributed by atoms with van der Waals surface area (Å²) in [6.07, 6.45) is 6.96. The molecule has 0 radical (unpaired) electrons. The molecule has 1 aliphatic carbocycles. The fourth-order valence-electron chi connectivity index (χ4n) is 5.13. The first-order valence-corrected chi connectivity index (χ1v) is 11.7. The maximum atomic E-state index is 13.8. The van der Waals surface area contributed by atoms with Gasteiger partial charge in [0, 0.05) is 61.6 Å². The van der Waals surface area contributed by atoms with E-state index >= 15 is 0 Å². The van der Waals surface area contributed by atoms with Crippen LogP contribution in [0.15, 0.2) is 71.8 Å². The molecule has 0 unspecified atom stereocenters. The molecule has 5 heteroatoms. The summed E-state index contributed by atoms with van der Waals surface area (Å²) in [7, 11) is 0. The zero-order valence-electron chi connectivity index (χ0n) is 18.6. The van der Waals surface area contributed by atoms with Gasteiger partial charge < -0.3 is 9.67 Å². The summed E-state index contributed by atoms with van der Waals surface area (Å²) in [6.45, 7) is 3.32. The smallest absolute Gasteiger partial charge is 0.258 e. The third-order valence-electron chi connectivity index (χ3n) is 6.97. The molecule has 0 spiro atoms. The number of aromatic nitrogens is 2. The fraction of sp³-hybridized carbons (Fsp3) is 0.286. The molecular formula is C28H27N3O2. The van der Waals surface area contributed by atoms with Crippen LogP contribution in [0, 0.1) is 5.92 Å². The monoisotopic (exact) mass is 437 g/mol. The highest BCUT2D eigenvalue weighted by molar-refractivity contribution is 5.96. The van der Waals surface area contributed by atoms with Gasteiger partial charge in [-0.15, -0.1) is 0 Å². The number of phenolic OH excluding ortho intramolecular Hbond substituents is 1. The SMILES string of the molecule is O=c1c(-c2cccc3cnccc23)cc2c(n1CC1CC1)CCN(Cc1cccc(O)c1)C2. The third-order valence-corrected chi connectivity index (χ3v) is 6.97. The first-order chi connectivity index (χ1) is 16.2. The molecular weight excluding hydrogens is 410 g/mol. The van der Waals surface area contributed by atoms with Crippen molar-refractivity contribution >= 4 is 10.8 Å². The van der Waals surface area contributed by atoms with Crippen molar-refractivity contribution in [3.63, 3.8) is 0 Å². The van der Waals surface area contributed by atoms with E-state index in [1.165, 1.54) is 24.1 Å². The Kier molecular flexibility index (Phi) is 4.99. The van der Waals surface area contributed by atoms with Gasteiger partial charge in [0.25, 0.3) is 5.56 Å². The number of hydrogen-bond donors (Lipinski definition) is 1. The van der Waals surface area contributed by atoms with E-state index in [0.29, 0.717) is 11.7 Å². The lowest BCUT2D eigenvalue weighted by atomic mass is 9.96. The molecule has 33 heavy (non-hydrogen) atoms. The second-order valence-corrected chi connectivity index (χ2v) is 9.42. The van der Waals surface area contributed by atoms with Crippen molar-refractivity contribution in [3.05, 3.63) is 94.2 Å². The molecule has 0 saturated heterocycles. The Hall–Kier alpha value is -3.44. The predicted octanol–water partition coefficient (Wildman–Crippen LogP) is 4.74. The molecule has 1 fully saturated rings. The van der Waals surface area contributed by atoms with E-state index in [2.05, 4.69) is 32.7 Å². The van der Waals surface area contributed by atoms with Crippen molar-refractivity contribution in [1.82, 2.24) is 14.5 Å². The Morgan fingerprint density at radius 2 is 1.91 bits per heavy atom. The number of aromatic hydroxyl groups is 1. The highest BCUT2D eigenvalue weighted by Crippen LogP contribution is 2.33. The minimum absolute atomic E-state index is 0.131. The summed E-state index contributed by atoms with van der Waals surface area (Å²) in [5.74, 6) is 0.931. The number of nitrogens with zero attached hydrogens (tertiary/aromatic N) is 3. The number of hydrogen-bond acceptors (Lipinski definition) is 4. The van der Waals surface area contributed by atoms with Gasteiger partial charge in [-0.05, 0) is 65.1 Å². The molecule has 6 rings (SSSR count). The van der Waals surface area contributed by atoms with Crippen molar-refractivity contribution in [2.24, 2.45) is 5.92 Å². The van der Waals surface area contributed by atoms with E-state index in [1.807, 2.05) is 36.5 Å². The van der Waals surface area contributed by atoms with Crippen molar-refractivity contribution in [1.29, 1.82) is 0 Å². The Morgan fingerprint density at radius 1 is 1.03 bits per heavy atom. The van der Waals surface area contributed by atoms with Crippen LogP contribution in [0.25, 0.3) is 21.9 Å². The lowest BCUT2D eigenvalue weighted by Crippen LogP contribution is -2.36. The van der Waals surface area contributed by atoms with Gasteiger partial charge in [-0.2, -0.15) is 0 Å². The summed E-state index contributed by atoms with van der Waals surface area (Å²) in [5.41, 5.74) is 5.44. The molecule has 5 nitrogen and oxygen atoms in total. The summed E-state index contributed by atoms with van der Waals surface area (Å²) in [6, 6.07) is 17.7. The van der Waals surface area contributed by atoms with Gasteiger partial charge in [0.15, 0.2) is 0 Å². The quantitative estimate of drug-likeness (QED) is 0.490. The topological polar surface area (TPSA) is 58.4 Å². The van der Waals surface area contributed by atoms with Crippen LogP contribution in [0.4, 0.5) is 0 Å². The lowest BCUT2D eigenvalue weighted by molar-refractivity contribution is 0.239. The summed E-state index contributed by atoms with van der Waals surface area (Å²) < 4.78 is 2.08. The maximum absolute atomic E-state index is 13.8. The predicted molar refractivity (Wildman–Crippen MR) is 130 cm³/mol. The van der Waals surface area contributed by atoms with E-state index in [0.717, 1.165) is 60.1 Å². The minimum Gasteiger partial charge on any atom is -0.508 e. The molecule has 0 atom stereocenters. The molecule has 1 saturated carbocycles. The van der Waals surface area contributed by atoms with Gasteiger partial charge in [0.1, 0.15) is 5.75 Å². The van der Waals surface area contributed by atoms with Crippen LogP contribution in [0.3, 0.4) is 0 Å². The van der Waals surface area contributed by atoms with Crippen LogP contribution >= 0.6 is 0 Å². The van der Waals surface area contributed by atoms with Crippen LogP contribution in [0.5, 0.6) is 5.75 Å². The van der Waals surface area contributed by atoms with Crippen molar-refractivity contribution in [3.8, 4) is 16.9 Å². The highest BCUT2D eigenvalue weighted by atomic mass is 16.3. The molecule has 2 aromatic heterocycles. The molecule has 1 N–H and O–H groups in total. The molecule has 0 bridgehead atoms. The molecule has 4 aromatic rings. The average Bonchev–Trinajstić information content (AvgIpc) is 3.65. The van der Waals surface area contributed by atoms with Gasteiger partial charge in [-0.1, -0.05) is 30.3 Å². The molecule has 3 heterocycles. The van der Waals surface area contributed by atoms with Crippen LogP contribution in [0.1, 0.15) is 29.7 Å². The zero-order valence-corrected chi connectivity index (χ0v) is 18.6. The van der Waals surface area contributed by atoms with Crippen molar-refractivity contribution < 1.29 is 5.11 Å². The largest absolute Gasteiger partial charge is 0.508 e. The summed E-state index contributed by atoms with van der Waals surface area (Å²) in [4.78, 5) is 20.4. The standard InChI is InChI=1S/C28H27N3O2/c32-23-5-1-3-20(13-23)16-30-12-10-27-22(18-30)14-26(28(33)31(27)17-19-7-8-19)25-6-2-4-21-15-29-11-9-24(21)25/h1-6,9,11,13-15,19,32H,7-8,10,12,16-18H2. The molecule has 0 amide bonds. The van der Waals surface area contributed by atoms with Gasteiger partial charge in [0.2, 0.25) is 0 Å². The van der Waals surface area contributed by atoms with E-state index in [4.69, 9.17) is 0 Å². The molecule has 2 aliphatic rings. The zero-order chi connectivity index (χ0) is 22.4. The first kappa shape index (κ1) is 20.2. The van der Waals surface area contributed by atoms with Crippen LogP contribution in [0.2, 0.25) is 0 Å². The number of rotatable bonds is 5. The maximum Gasteiger partial charge on any atom is 0.258 e. The van der Waals surface area contributed by atoms with Gasteiger partial charge >= 0.3 is 0 Å². The normalized spacial score (nSPS) is 16.1. The average molecular weight is 438 g/mol. The minimum atomic E-state index is 0.131. The summed E-state index contributed by atoms with van der Waals surface area (Å²) in [5, 5.41) is 12.0. The van der Waals surface area contributed by atoms with Crippen LogP contribution in [-0.4, -0.2) is 26.1 Å². The van der Waals surface area contributed by atoms with Crippen molar-refractivity contribution in [2.75, 3.05) is 6.54 Å². The Bertz CT molecular complexity index is 1400.